The highest BCUT2D eigenvalue weighted by Crippen LogP contribution is 2.30. The summed E-state index contributed by atoms with van der Waals surface area (Å²) >= 11 is 0. The van der Waals surface area contributed by atoms with E-state index in [1.54, 1.807) is 11.1 Å². The molecule has 3 rings (SSSR count). The van der Waals surface area contributed by atoms with Crippen LogP contribution in [0.2, 0.25) is 0 Å². The van der Waals surface area contributed by atoms with Gasteiger partial charge in [0.2, 0.25) is 0 Å². The monoisotopic (exact) mass is 342 g/mol. The Hall–Kier alpha value is -1.54. The SMILES string of the molecule is O=C(c1ncc[nH]1)N1CCC[C@@](O)(CN2CCC(F)(F)CC2)CC1. The van der Waals surface area contributed by atoms with Crippen molar-refractivity contribution in [1.82, 2.24) is 19.8 Å². The maximum absolute atomic E-state index is 13.2. The van der Waals surface area contributed by atoms with Gasteiger partial charge in [0.1, 0.15) is 0 Å². The van der Waals surface area contributed by atoms with Gasteiger partial charge in [-0.2, -0.15) is 0 Å². The summed E-state index contributed by atoms with van der Waals surface area (Å²) in [6.07, 6.45) is 4.56. The Balaban J connectivity index is 1.55. The van der Waals surface area contributed by atoms with Gasteiger partial charge in [0.05, 0.1) is 5.60 Å². The number of aromatic amines is 1. The van der Waals surface area contributed by atoms with Gasteiger partial charge in [-0.1, -0.05) is 0 Å². The number of aliphatic hydroxyl groups is 1. The number of nitrogens with one attached hydrogen (secondary N) is 1. The van der Waals surface area contributed by atoms with Crippen LogP contribution in [0, 0.1) is 0 Å². The number of nitrogens with zero attached hydrogens (tertiary/aromatic N) is 3. The van der Waals surface area contributed by atoms with Crippen molar-refractivity contribution >= 4 is 5.91 Å². The van der Waals surface area contributed by atoms with Crippen molar-refractivity contribution in [2.24, 2.45) is 0 Å². The van der Waals surface area contributed by atoms with Crippen LogP contribution in [-0.4, -0.2) is 75.0 Å². The summed E-state index contributed by atoms with van der Waals surface area (Å²) in [4.78, 5) is 22.7. The van der Waals surface area contributed by atoms with E-state index in [0.29, 0.717) is 57.8 Å². The van der Waals surface area contributed by atoms with Crippen LogP contribution in [0.5, 0.6) is 0 Å². The molecule has 2 fully saturated rings. The van der Waals surface area contributed by atoms with E-state index >= 15 is 0 Å². The van der Waals surface area contributed by atoms with Gasteiger partial charge < -0.3 is 19.9 Å². The number of alkyl halides is 2. The second-order valence-electron chi connectivity index (χ2n) is 6.94. The highest BCUT2D eigenvalue weighted by Gasteiger charge is 2.38. The maximum atomic E-state index is 13.2. The smallest absolute Gasteiger partial charge is 0.289 e. The van der Waals surface area contributed by atoms with Crippen LogP contribution in [0.25, 0.3) is 0 Å². The summed E-state index contributed by atoms with van der Waals surface area (Å²) in [7, 11) is 0. The Morgan fingerprint density at radius 1 is 1.21 bits per heavy atom. The van der Waals surface area contributed by atoms with E-state index in [1.807, 2.05) is 4.90 Å². The third kappa shape index (κ3) is 4.10. The normalized spacial score (nSPS) is 28.5. The Bertz CT molecular complexity index is 556. The fraction of sp³-hybridized carbons (Fsp3) is 0.750. The number of likely N-dealkylation sites (tertiary alicyclic amines) is 2. The molecule has 0 bridgehead atoms. The van der Waals surface area contributed by atoms with Gasteiger partial charge in [-0.05, 0) is 19.3 Å². The van der Waals surface area contributed by atoms with Crippen LogP contribution < -0.4 is 0 Å². The van der Waals surface area contributed by atoms with E-state index in [1.165, 1.54) is 6.20 Å². The molecule has 1 aromatic rings. The number of carbonyl (C=O) groups excluding carboxylic acids is 1. The summed E-state index contributed by atoms with van der Waals surface area (Å²) in [5, 5.41) is 10.9. The van der Waals surface area contributed by atoms with Crippen molar-refractivity contribution < 1.29 is 18.7 Å². The van der Waals surface area contributed by atoms with Gasteiger partial charge in [0.25, 0.3) is 11.8 Å². The third-order valence-electron chi connectivity index (χ3n) is 5.01. The number of carbonyl (C=O) groups is 1. The number of aromatic nitrogens is 2. The Labute approximate surface area is 139 Å². The van der Waals surface area contributed by atoms with E-state index in [2.05, 4.69) is 9.97 Å². The first-order valence-corrected chi connectivity index (χ1v) is 8.48. The fourth-order valence-corrected chi connectivity index (χ4v) is 3.53. The molecule has 0 radical (unpaired) electrons. The Kier molecular flexibility index (Phi) is 4.87. The standard InChI is InChI=1S/C16H24F2N4O2/c17-16(18)4-9-21(10-5-16)12-15(24)2-1-8-22(11-3-15)14(23)13-19-6-7-20-13/h6-7,24H,1-5,8-12H2,(H,19,20)/t15-/m0/s1. The number of amides is 1. The molecule has 1 amide bonds. The number of halogens is 2. The molecule has 0 spiro atoms. The van der Waals surface area contributed by atoms with Crippen LogP contribution >= 0.6 is 0 Å². The minimum Gasteiger partial charge on any atom is -0.388 e. The molecule has 2 aliphatic rings. The first kappa shape index (κ1) is 17.3. The van der Waals surface area contributed by atoms with E-state index in [4.69, 9.17) is 0 Å². The van der Waals surface area contributed by atoms with Gasteiger partial charge in [-0.25, -0.2) is 13.8 Å². The molecule has 0 aromatic carbocycles. The van der Waals surface area contributed by atoms with Crippen molar-refractivity contribution in [3.8, 4) is 0 Å². The number of rotatable bonds is 3. The number of hydrogen-bond acceptors (Lipinski definition) is 4. The van der Waals surface area contributed by atoms with Gasteiger partial charge in [0, 0.05) is 58.0 Å². The molecule has 2 saturated heterocycles. The molecule has 3 heterocycles. The summed E-state index contributed by atoms with van der Waals surface area (Å²) in [5.74, 6) is -2.44. The van der Waals surface area contributed by atoms with Crippen molar-refractivity contribution in [3.63, 3.8) is 0 Å². The van der Waals surface area contributed by atoms with Crippen LogP contribution in [0.15, 0.2) is 12.4 Å². The molecule has 8 heteroatoms. The second-order valence-corrected chi connectivity index (χ2v) is 6.94. The van der Waals surface area contributed by atoms with Crippen LogP contribution in [0.1, 0.15) is 42.7 Å². The van der Waals surface area contributed by atoms with Crippen molar-refractivity contribution in [2.45, 2.75) is 43.6 Å². The quantitative estimate of drug-likeness (QED) is 0.873. The van der Waals surface area contributed by atoms with E-state index < -0.39 is 11.5 Å². The predicted molar refractivity (Wildman–Crippen MR) is 83.9 cm³/mol. The van der Waals surface area contributed by atoms with Gasteiger partial charge in [-0.15, -0.1) is 0 Å². The first-order chi connectivity index (χ1) is 11.4. The van der Waals surface area contributed by atoms with Gasteiger partial charge in [-0.3, -0.25) is 4.79 Å². The molecule has 2 aliphatic heterocycles. The topological polar surface area (TPSA) is 72.5 Å². The zero-order chi connectivity index (χ0) is 17.2. The van der Waals surface area contributed by atoms with Crippen LogP contribution in [-0.2, 0) is 0 Å². The molecular weight excluding hydrogens is 318 g/mol. The molecule has 6 nitrogen and oxygen atoms in total. The van der Waals surface area contributed by atoms with E-state index in [0.717, 1.165) is 0 Å². The lowest BCUT2D eigenvalue weighted by Gasteiger charge is -2.37. The van der Waals surface area contributed by atoms with E-state index in [9.17, 15) is 18.7 Å². The van der Waals surface area contributed by atoms with Gasteiger partial charge in [0.15, 0.2) is 5.82 Å². The largest absolute Gasteiger partial charge is 0.388 e. The lowest BCUT2D eigenvalue weighted by molar-refractivity contribution is -0.0768. The fourth-order valence-electron chi connectivity index (χ4n) is 3.53. The van der Waals surface area contributed by atoms with E-state index in [-0.39, 0.29) is 18.7 Å². The number of β-amino-alcohol motifs (C(OH)–C–C–N with tert-alkyl or cyclic N) is 1. The Morgan fingerprint density at radius 3 is 2.62 bits per heavy atom. The molecule has 2 N–H and O–H groups in total. The van der Waals surface area contributed by atoms with Crippen molar-refractivity contribution in [3.05, 3.63) is 18.2 Å². The first-order valence-electron chi connectivity index (χ1n) is 8.48. The zero-order valence-corrected chi connectivity index (χ0v) is 13.7. The molecule has 1 aromatic heterocycles. The van der Waals surface area contributed by atoms with Crippen LogP contribution in [0.4, 0.5) is 8.78 Å². The average molecular weight is 342 g/mol. The van der Waals surface area contributed by atoms with Gasteiger partial charge >= 0.3 is 0 Å². The average Bonchev–Trinajstić information content (AvgIpc) is 3.00. The molecule has 0 saturated carbocycles. The Morgan fingerprint density at radius 2 is 1.96 bits per heavy atom. The number of imidazole rings is 1. The minimum atomic E-state index is -2.57. The molecule has 1 atom stereocenters. The summed E-state index contributed by atoms with van der Waals surface area (Å²) < 4.78 is 26.5. The lowest BCUT2D eigenvalue weighted by Crippen LogP contribution is -2.48. The highest BCUT2D eigenvalue weighted by atomic mass is 19.3. The maximum Gasteiger partial charge on any atom is 0.289 e. The molecule has 0 unspecified atom stereocenters. The lowest BCUT2D eigenvalue weighted by atomic mass is 9.93. The molecule has 24 heavy (non-hydrogen) atoms. The number of piperidine rings is 1. The summed E-state index contributed by atoms with van der Waals surface area (Å²) in [6.45, 7) is 2.03. The molecule has 134 valence electrons. The molecular formula is C16H24F2N4O2. The van der Waals surface area contributed by atoms with Crippen molar-refractivity contribution in [2.75, 3.05) is 32.7 Å². The zero-order valence-electron chi connectivity index (χ0n) is 13.7. The van der Waals surface area contributed by atoms with Crippen molar-refractivity contribution in [1.29, 1.82) is 0 Å². The van der Waals surface area contributed by atoms with Crippen LogP contribution in [0.3, 0.4) is 0 Å². The predicted octanol–water partition coefficient (Wildman–Crippen LogP) is 1.50. The second kappa shape index (κ2) is 6.76. The summed E-state index contributed by atoms with van der Waals surface area (Å²) in [5.41, 5.74) is -0.926. The number of H-pyrrole nitrogens is 1. The minimum absolute atomic E-state index is 0.147. The summed E-state index contributed by atoms with van der Waals surface area (Å²) in [6, 6.07) is 0. The third-order valence-corrected chi connectivity index (χ3v) is 5.01. The molecule has 0 aliphatic carbocycles. The number of hydrogen-bond donors (Lipinski definition) is 2. The highest BCUT2D eigenvalue weighted by molar-refractivity contribution is 5.90.